The smallest absolute Gasteiger partial charge is 0.213 e. The number of pyridine rings is 1. The fourth-order valence-electron chi connectivity index (χ4n) is 3.46. The largest absolute Gasteiger partial charge is 0.471 e. The Morgan fingerprint density at radius 1 is 1.10 bits per heavy atom. The molecule has 3 aromatic heterocycles. The molecule has 8 nitrogen and oxygen atoms in total. The van der Waals surface area contributed by atoms with Gasteiger partial charge in [-0.3, -0.25) is 0 Å². The number of hydrogen-bond acceptors (Lipinski definition) is 6. The highest BCUT2D eigenvalue weighted by atomic mass is 35.5. The van der Waals surface area contributed by atoms with Gasteiger partial charge in [0.2, 0.25) is 5.88 Å². The Morgan fingerprint density at radius 2 is 2.03 bits per heavy atom. The van der Waals surface area contributed by atoms with Crippen molar-refractivity contribution in [1.29, 1.82) is 0 Å². The van der Waals surface area contributed by atoms with Crippen LogP contribution in [0.5, 0.6) is 5.88 Å². The quantitative estimate of drug-likeness (QED) is 0.444. The third kappa shape index (κ3) is 3.16. The van der Waals surface area contributed by atoms with Crippen molar-refractivity contribution in [3.8, 4) is 23.0 Å². The van der Waals surface area contributed by atoms with E-state index in [9.17, 15) is 0 Å². The lowest BCUT2D eigenvalue weighted by Gasteiger charge is -2.10. The summed E-state index contributed by atoms with van der Waals surface area (Å²) in [6.07, 6.45) is 3.50. The Bertz CT molecular complexity index is 1170. The molecule has 1 aliphatic heterocycles. The van der Waals surface area contributed by atoms with Crippen LogP contribution in [0.15, 0.2) is 48.9 Å². The van der Waals surface area contributed by atoms with E-state index >= 15 is 0 Å². The van der Waals surface area contributed by atoms with Gasteiger partial charge in [0.15, 0.2) is 11.6 Å². The van der Waals surface area contributed by atoms with Gasteiger partial charge in [0.1, 0.15) is 18.9 Å². The maximum Gasteiger partial charge on any atom is 0.213 e. The molecule has 4 aromatic rings. The van der Waals surface area contributed by atoms with Gasteiger partial charge in [-0.1, -0.05) is 17.7 Å². The Kier molecular flexibility index (Phi) is 4.49. The van der Waals surface area contributed by atoms with E-state index in [0.717, 1.165) is 34.3 Å². The summed E-state index contributed by atoms with van der Waals surface area (Å²) in [4.78, 5) is 8.81. The number of halogens is 1. The van der Waals surface area contributed by atoms with Gasteiger partial charge in [0.05, 0.1) is 24.3 Å². The number of hydrogen-bond donors (Lipinski definition) is 0. The van der Waals surface area contributed by atoms with Gasteiger partial charge in [-0.2, -0.15) is 0 Å². The third-order valence-corrected chi connectivity index (χ3v) is 5.05. The maximum atomic E-state index is 6.28. The van der Waals surface area contributed by atoms with Crippen molar-refractivity contribution in [2.24, 2.45) is 0 Å². The van der Waals surface area contributed by atoms with Gasteiger partial charge in [-0.15, -0.1) is 10.2 Å². The Hall–Kier alpha value is -3.23. The summed E-state index contributed by atoms with van der Waals surface area (Å²) in [5, 5.41) is 9.35. The zero-order valence-corrected chi connectivity index (χ0v) is 16.4. The summed E-state index contributed by atoms with van der Waals surface area (Å²) in [5.74, 6) is 2.04. The number of rotatable bonds is 5. The normalized spacial score (nSPS) is 12.1. The van der Waals surface area contributed by atoms with Crippen molar-refractivity contribution in [3.05, 3.63) is 71.2 Å². The minimum Gasteiger partial charge on any atom is -0.471 e. The summed E-state index contributed by atoms with van der Waals surface area (Å²) >= 11 is 6.28. The molecule has 0 amide bonds. The highest BCUT2D eigenvalue weighted by Crippen LogP contribution is 2.34. The molecule has 0 saturated heterocycles. The molecule has 0 radical (unpaired) electrons. The molecule has 9 heteroatoms. The number of methoxy groups -OCH3 is 1. The van der Waals surface area contributed by atoms with E-state index in [2.05, 4.69) is 20.2 Å². The second-order valence-corrected chi connectivity index (χ2v) is 7.02. The average molecular weight is 409 g/mol. The van der Waals surface area contributed by atoms with Gasteiger partial charge in [0.25, 0.3) is 0 Å². The first-order valence-electron chi connectivity index (χ1n) is 9.05. The molecule has 0 spiro atoms. The van der Waals surface area contributed by atoms with E-state index < -0.39 is 0 Å². The SMILES string of the molecule is COCc1nnc2n1Cc1c(COc3ccccn3)ncn1-c1ccc(Cl)cc1-2. The molecule has 0 unspecified atom stereocenters. The standard InChI is InChI=1S/C20H17ClN6O2/c1-28-11-18-24-25-20-14-8-13(21)5-6-16(14)27-12-23-15(17(27)9-26(18)20)10-29-19-4-2-3-7-22-19/h2-8,12H,9-11H2,1H3. The Labute approximate surface area is 171 Å². The number of fused-ring (bicyclic) bond motifs is 5. The van der Waals surface area contributed by atoms with Crippen molar-refractivity contribution in [3.63, 3.8) is 0 Å². The van der Waals surface area contributed by atoms with Gasteiger partial charge >= 0.3 is 0 Å². The molecule has 29 heavy (non-hydrogen) atoms. The van der Waals surface area contributed by atoms with Crippen LogP contribution in [0.1, 0.15) is 17.2 Å². The van der Waals surface area contributed by atoms with E-state index in [1.54, 1.807) is 19.6 Å². The summed E-state index contributed by atoms with van der Waals surface area (Å²) in [7, 11) is 1.64. The first-order valence-corrected chi connectivity index (χ1v) is 9.42. The first kappa shape index (κ1) is 17.8. The fraction of sp³-hybridized carbons (Fsp3) is 0.200. The first-order chi connectivity index (χ1) is 14.2. The topological polar surface area (TPSA) is 79.9 Å². The van der Waals surface area contributed by atoms with Crippen LogP contribution >= 0.6 is 11.6 Å². The number of nitrogens with zero attached hydrogens (tertiary/aromatic N) is 6. The Balaban J connectivity index is 1.60. The van der Waals surface area contributed by atoms with Gasteiger partial charge < -0.3 is 18.6 Å². The van der Waals surface area contributed by atoms with Gasteiger partial charge in [-0.05, 0) is 24.3 Å². The number of imidazole rings is 1. The van der Waals surface area contributed by atoms with Gasteiger partial charge in [0, 0.05) is 30.0 Å². The number of aromatic nitrogens is 6. The van der Waals surface area contributed by atoms with E-state index in [0.29, 0.717) is 30.7 Å². The van der Waals surface area contributed by atoms with Gasteiger partial charge in [-0.25, -0.2) is 9.97 Å². The summed E-state index contributed by atoms with van der Waals surface area (Å²) < 4.78 is 15.2. The monoisotopic (exact) mass is 408 g/mol. The second kappa shape index (κ2) is 7.31. The molecule has 146 valence electrons. The van der Waals surface area contributed by atoms with Crippen molar-refractivity contribution in [2.75, 3.05) is 7.11 Å². The lowest BCUT2D eigenvalue weighted by Crippen LogP contribution is -2.11. The molecule has 1 aliphatic rings. The summed E-state index contributed by atoms with van der Waals surface area (Å²) in [6.45, 7) is 1.20. The molecule has 0 saturated carbocycles. The van der Waals surface area contributed by atoms with Crippen LogP contribution in [-0.2, 0) is 24.5 Å². The lowest BCUT2D eigenvalue weighted by atomic mass is 10.1. The molecule has 0 N–H and O–H groups in total. The van der Waals surface area contributed by atoms with Crippen LogP contribution < -0.4 is 4.74 Å². The van der Waals surface area contributed by atoms with Crippen molar-refractivity contribution < 1.29 is 9.47 Å². The predicted octanol–water partition coefficient (Wildman–Crippen LogP) is 3.27. The van der Waals surface area contributed by atoms with E-state index in [4.69, 9.17) is 21.1 Å². The molecule has 0 fully saturated rings. The molecule has 0 atom stereocenters. The zero-order valence-electron chi connectivity index (χ0n) is 15.6. The minimum atomic E-state index is 0.305. The molecular weight excluding hydrogens is 392 g/mol. The molecule has 0 bridgehead atoms. The van der Waals surface area contributed by atoms with Crippen molar-refractivity contribution in [1.82, 2.24) is 29.3 Å². The molecule has 5 rings (SSSR count). The molecular formula is C20H17ClN6O2. The highest BCUT2D eigenvalue weighted by Gasteiger charge is 2.26. The lowest BCUT2D eigenvalue weighted by molar-refractivity contribution is 0.174. The van der Waals surface area contributed by atoms with Crippen molar-refractivity contribution >= 4 is 11.6 Å². The fourth-order valence-corrected chi connectivity index (χ4v) is 3.64. The van der Waals surface area contributed by atoms with E-state index in [1.165, 1.54) is 0 Å². The van der Waals surface area contributed by atoms with Crippen LogP contribution in [0, 0.1) is 0 Å². The van der Waals surface area contributed by atoms with Crippen LogP contribution in [-0.4, -0.2) is 36.4 Å². The predicted molar refractivity (Wildman–Crippen MR) is 106 cm³/mol. The van der Waals surface area contributed by atoms with E-state index in [-0.39, 0.29) is 0 Å². The van der Waals surface area contributed by atoms with Crippen LogP contribution in [0.2, 0.25) is 5.02 Å². The molecule has 4 heterocycles. The maximum absolute atomic E-state index is 6.28. The minimum absolute atomic E-state index is 0.305. The average Bonchev–Trinajstić information content (AvgIpc) is 3.29. The molecule has 0 aliphatic carbocycles. The zero-order chi connectivity index (χ0) is 19.8. The molecule has 1 aromatic carbocycles. The van der Waals surface area contributed by atoms with Crippen LogP contribution in [0.3, 0.4) is 0 Å². The second-order valence-electron chi connectivity index (χ2n) is 6.59. The summed E-state index contributed by atoms with van der Waals surface area (Å²) in [5.41, 5.74) is 3.64. The Morgan fingerprint density at radius 3 is 2.86 bits per heavy atom. The number of ether oxygens (including phenoxy) is 2. The highest BCUT2D eigenvalue weighted by molar-refractivity contribution is 6.31. The third-order valence-electron chi connectivity index (χ3n) is 4.82. The van der Waals surface area contributed by atoms with Crippen LogP contribution in [0.4, 0.5) is 0 Å². The number of benzene rings is 1. The van der Waals surface area contributed by atoms with E-state index in [1.807, 2.05) is 45.5 Å². The van der Waals surface area contributed by atoms with Crippen molar-refractivity contribution in [2.45, 2.75) is 19.8 Å². The van der Waals surface area contributed by atoms with Crippen LogP contribution in [0.25, 0.3) is 17.1 Å². The summed E-state index contributed by atoms with van der Waals surface area (Å²) in [6, 6.07) is 11.3.